The van der Waals surface area contributed by atoms with E-state index in [1.165, 1.54) is 24.8 Å². The van der Waals surface area contributed by atoms with E-state index in [0.717, 1.165) is 18.4 Å². The van der Waals surface area contributed by atoms with E-state index in [-0.39, 0.29) is 47.4 Å². The van der Waals surface area contributed by atoms with Crippen LogP contribution in [0.4, 0.5) is 16.4 Å². The van der Waals surface area contributed by atoms with E-state index in [1.54, 1.807) is 24.5 Å². The predicted molar refractivity (Wildman–Crippen MR) is 140 cm³/mol. The van der Waals surface area contributed by atoms with E-state index in [0.29, 0.717) is 41.1 Å². The molecule has 0 spiro atoms. The Hall–Kier alpha value is -4.88. The molecule has 3 amide bonds. The monoisotopic (exact) mass is 529 g/mol. The lowest BCUT2D eigenvalue weighted by molar-refractivity contribution is 0.0556. The zero-order valence-corrected chi connectivity index (χ0v) is 21.4. The molecule has 0 saturated carbocycles. The maximum atomic E-state index is 13.1. The van der Waals surface area contributed by atoms with Gasteiger partial charge in [-0.15, -0.1) is 0 Å². The summed E-state index contributed by atoms with van der Waals surface area (Å²) >= 11 is 0. The van der Waals surface area contributed by atoms with Crippen LogP contribution in [0.25, 0.3) is 16.8 Å². The number of rotatable bonds is 5. The summed E-state index contributed by atoms with van der Waals surface area (Å²) in [5.74, 6) is 0.441. The summed E-state index contributed by atoms with van der Waals surface area (Å²) in [5.41, 5.74) is 9.44. The summed E-state index contributed by atoms with van der Waals surface area (Å²) in [6.07, 6.45) is 7.63. The number of hydrogen-bond donors (Lipinski definition) is 4. The number of pyridine rings is 1. The van der Waals surface area contributed by atoms with Crippen LogP contribution >= 0.6 is 0 Å². The minimum Gasteiger partial charge on any atom is -0.383 e. The van der Waals surface area contributed by atoms with Crippen LogP contribution in [0.2, 0.25) is 0 Å². The predicted octanol–water partition coefficient (Wildman–Crippen LogP) is 2.00. The number of fused-ring (bicyclic) bond motifs is 3. The smallest absolute Gasteiger partial charge is 0.320 e. The quantitative estimate of drug-likeness (QED) is 0.280. The molecule has 0 aliphatic carbocycles. The molecule has 0 radical (unpaired) electrons. The van der Waals surface area contributed by atoms with Crippen molar-refractivity contribution in [2.45, 2.75) is 50.6 Å². The summed E-state index contributed by atoms with van der Waals surface area (Å²) in [5, 5.41) is 16.0. The standard InChI is InChI=1S/C25H27N11O3/c1-12(37)19-20(14-7-15-4-5-16(8-14)35(15)24(38)22-29-11-30-34-22)33-23-17(10-31-36(23)21(19)26)13-3-6-18(28-9-13)32-25(39)27-2/h3,6,9-11,14-16H,4-5,7-8,26H2,1-2H3,(H,29,30,34)(H2,27,28,32,39)/t14-,15-,16+. The molecule has 0 unspecified atom stereocenters. The van der Waals surface area contributed by atoms with Gasteiger partial charge < -0.3 is 16.0 Å². The average molecular weight is 530 g/mol. The molecule has 39 heavy (non-hydrogen) atoms. The molecule has 6 heterocycles. The third kappa shape index (κ3) is 4.13. The molecule has 2 fully saturated rings. The molecular formula is C25H27N11O3. The Morgan fingerprint density at radius 3 is 2.49 bits per heavy atom. The van der Waals surface area contributed by atoms with Gasteiger partial charge in [-0.2, -0.15) is 14.7 Å². The number of Topliss-reactive ketones (excluding diaryl/α,β-unsaturated/α-hetero) is 1. The summed E-state index contributed by atoms with van der Waals surface area (Å²) in [6, 6.07) is 3.11. The van der Waals surface area contributed by atoms with Gasteiger partial charge in [-0.05, 0) is 44.7 Å². The van der Waals surface area contributed by atoms with E-state index in [2.05, 4.69) is 35.9 Å². The van der Waals surface area contributed by atoms with E-state index in [1.807, 2.05) is 4.90 Å². The second-order valence-electron chi connectivity index (χ2n) is 9.84. The highest BCUT2D eigenvalue weighted by Crippen LogP contribution is 2.45. The molecular weight excluding hydrogens is 502 g/mol. The van der Waals surface area contributed by atoms with Crippen molar-refractivity contribution in [1.29, 1.82) is 0 Å². The molecule has 4 aromatic rings. The van der Waals surface area contributed by atoms with Crippen molar-refractivity contribution in [3.05, 3.63) is 47.9 Å². The molecule has 6 rings (SSSR count). The Morgan fingerprint density at radius 1 is 1.10 bits per heavy atom. The SMILES string of the molecule is CNC(=O)Nc1ccc(-c2cnn3c(N)c(C(C)=O)c([C@@H]4C[C@H]5CC[C@@H](C4)N5C(=O)c4ncn[nH]4)nc23)cn1. The highest BCUT2D eigenvalue weighted by atomic mass is 16.2. The lowest BCUT2D eigenvalue weighted by atomic mass is 9.85. The van der Waals surface area contributed by atoms with Crippen molar-refractivity contribution < 1.29 is 14.4 Å². The summed E-state index contributed by atoms with van der Waals surface area (Å²) in [6.45, 7) is 1.48. The molecule has 2 bridgehead atoms. The third-order valence-electron chi connectivity index (χ3n) is 7.58. The largest absolute Gasteiger partial charge is 0.383 e. The van der Waals surface area contributed by atoms with Crippen LogP contribution in [0.1, 0.15) is 65.2 Å². The van der Waals surface area contributed by atoms with Crippen molar-refractivity contribution in [3.63, 3.8) is 0 Å². The lowest BCUT2D eigenvalue weighted by Crippen LogP contribution is -2.46. The fourth-order valence-corrected chi connectivity index (χ4v) is 5.86. The van der Waals surface area contributed by atoms with Gasteiger partial charge in [0.05, 0.1) is 17.5 Å². The maximum Gasteiger partial charge on any atom is 0.320 e. The Morgan fingerprint density at radius 2 is 1.87 bits per heavy atom. The number of carbonyl (C=O) groups excluding carboxylic acids is 3. The van der Waals surface area contributed by atoms with Crippen molar-refractivity contribution in [2.24, 2.45) is 0 Å². The van der Waals surface area contributed by atoms with Gasteiger partial charge in [-0.1, -0.05) is 0 Å². The van der Waals surface area contributed by atoms with Crippen LogP contribution in [0.15, 0.2) is 30.9 Å². The first kappa shape index (κ1) is 24.5. The lowest BCUT2D eigenvalue weighted by Gasteiger charge is -2.38. The highest BCUT2D eigenvalue weighted by molar-refractivity contribution is 6.00. The number of anilines is 2. The number of carbonyl (C=O) groups is 3. The molecule has 2 aliphatic heterocycles. The van der Waals surface area contributed by atoms with E-state index < -0.39 is 0 Å². The van der Waals surface area contributed by atoms with Gasteiger partial charge in [-0.3, -0.25) is 20.0 Å². The van der Waals surface area contributed by atoms with Crippen LogP contribution in [0.3, 0.4) is 0 Å². The maximum absolute atomic E-state index is 13.1. The number of aromatic nitrogens is 7. The van der Waals surface area contributed by atoms with E-state index in [9.17, 15) is 14.4 Å². The van der Waals surface area contributed by atoms with Gasteiger partial charge in [-0.25, -0.2) is 19.7 Å². The number of nitrogens with one attached hydrogen (secondary N) is 3. The van der Waals surface area contributed by atoms with Crippen LogP contribution < -0.4 is 16.4 Å². The molecule has 14 nitrogen and oxygen atoms in total. The topological polar surface area (TPSA) is 189 Å². The second kappa shape index (κ2) is 9.45. The summed E-state index contributed by atoms with van der Waals surface area (Å²) in [7, 11) is 1.52. The summed E-state index contributed by atoms with van der Waals surface area (Å²) in [4.78, 5) is 52.7. The van der Waals surface area contributed by atoms with Crippen LogP contribution in [0.5, 0.6) is 0 Å². The number of nitrogen functional groups attached to an aromatic ring is 1. The molecule has 3 atom stereocenters. The van der Waals surface area contributed by atoms with Gasteiger partial charge in [0.2, 0.25) is 5.82 Å². The van der Waals surface area contributed by atoms with Crippen LogP contribution in [-0.2, 0) is 0 Å². The fraction of sp³-hybridized carbons (Fsp3) is 0.360. The van der Waals surface area contributed by atoms with Crippen LogP contribution in [-0.4, -0.2) is 76.5 Å². The van der Waals surface area contributed by atoms with Crippen LogP contribution in [0, 0.1) is 0 Å². The minimum absolute atomic E-state index is 0.000597. The third-order valence-corrected chi connectivity index (χ3v) is 7.58. The molecule has 2 aliphatic rings. The number of nitrogens with zero attached hydrogens (tertiary/aromatic N) is 7. The first-order valence-electron chi connectivity index (χ1n) is 12.7. The normalized spacial score (nSPS) is 20.3. The van der Waals surface area contributed by atoms with Gasteiger partial charge >= 0.3 is 6.03 Å². The number of amides is 3. The number of hydrogen-bond acceptors (Lipinski definition) is 9. The zero-order valence-electron chi connectivity index (χ0n) is 21.4. The molecule has 200 valence electrons. The number of ketones is 1. The second-order valence-corrected chi connectivity index (χ2v) is 9.84. The highest BCUT2D eigenvalue weighted by Gasteiger charge is 2.45. The fourth-order valence-electron chi connectivity index (χ4n) is 5.86. The van der Waals surface area contributed by atoms with Gasteiger partial charge in [0.15, 0.2) is 11.4 Å². The van der Waals surface area contributed by atoms with Crippen molar-refractivity contribution in [1.82, 2.24) is 45.0 Å². The first-order valence-corrected chi connectivity index (χ1v) is 12.7. The molecule has 0 aromatic carbocycles. The van der Waals surface area contributed by atoms with Gasteiger partial charge in [0.25, 0.3) is 5.91 Å². The Bertz CT molecular complexity index is 1570. The van der Waals surface area contributed by atoms with E-state index in [4.69, 9.17) is 10.7 Å². The first-order chi connectivity index (χ1) is 18.9. The van der Waals surface area contributed by atoms with Crippen molar-refractivity contribution >= 4 is 35.0 Å². The Balaban J connectivity index is 1.36. The Kier molecular flexibility index (Phi) is 5.93. The number of H-pyrrole nitrogens is 1. The van der Waals surface area contributed by atoms with Crippen molar-refractivity contribution in [3.8, 4) is 11.1 Å². The molecule has 2 saturated heterocycles. The molecule has 5 N–H and O–H groups in total. The molecule has 14 heteroatoms. The van der Waals surface area contributed by atoms with Gasteiger partial charge in [0.1, 0.15) is 18.0 Å². The number of aromatic amines is 1. The van der Waals surface area contributed by atoms with Crippen molar-refractivity contribution in [2.75, 3.05) is 18.1 Å². The Labute approximate surface area is 222 Å². The number of urea groups is 1. The molecule has 4 aromatic heterocycles. The number of nitrogens with two attached hydrogens (primary N) is 1. The minimum atomic E-state index is -0.371. The van der Waals surface area contributed by atoms with E-state index >= 15 is 0 Å². The summed E-state index contributed by atoms with van der Waals surface area (Å²) < 4.78 is 1.48. The average Bonchev–Trinajstić information content (AvgIpc) is 3.67. The van der Waals surface area contributed by atoms with Gasteiger partial charge in [0, 0.05) is 42.4 Å². The number of piperidine rings is 1. The zero-order chi connectivity index (χ0) is 27.3.